The molecule has 15 heavy (non-hydrogen) atoms. The Bertz CT molecular complexity index is 340. The summed E-state index contributed by atoms with van der Waals surface area (Å²) in [4.78, 5) is 0. The van der Waals surface area contributed by atoms with Crippen molar-refractivity contribution in [2.75, 3.05) is 12.3 Å². The van der Waals surface area contributed by atoms with E-state index in [2.05, 4.69) is 22.0 Å². The van der Waals surface area contributed by atoms with Crippen LogP contribution in [0.5, 0.6) is 5.75 Å². The number of hydrogen-bond acceptors (Lipinski definition) is 3. The van der Waals surface area contributed by atoms with Crippen LogP contribution in [0.4, 0.5) is 5.69 Å². The Balaban J connectivity index is 2.41. The van der Waals surface area contributed by atoms with E-state index in [1.807, 2.05) is 12.1 Å². The Hall–Kier alpha value is -1.21. The Morgan fingerprint density at radius 2 is 2.20 bits per heavy atom. The smallest absolute Gasteiger partial charge is 0.156 e. The van der Waals surface area contributed by atoms with Gasteiger partial charge in [-0.15, -0.1) is 0 Å². The highest BCUT2D eigenvalue weighted by atomic mass is 79.9. The van der Waals surface area contributed by atoms with E-state index in [0.29, 0.717) is 24.5 Å². The highest BCUT2D eigenvalue weighted by molar-refractivity contribution is 9.10. The van der Waals surface area contributed by atoms with E-state index >= 15 is 0 Å². The molecule has 0 aromatic heterocycles. The zero-order valence-corrected chi connectivity index (χ0v) is 9.96. The van der Waals surface area contributed by atoms with E-state index < -0.39 is 0 Å². The number of halogens is 1. The molecule has 80 valence electrons. The van der Waals surface area contributed by atoms with Crippen LogP contribution in [0.15, 0.2) is 22.7 Å². The SMILES string of the molecule is N#CCCCCOc1c(N)cccc1Br. The summed E-state index contributed by atoms with van der Waals surface area (Å²) in [5.74, 6) is 0.689. The van der Waals surface area contributed by atoms with Gasteiger partial charge < -0.3 is 10.5 Å². The number of ether oxygens (including phenoxy) is 1. The van der Waals surface area contributed by atoms with Crippen molar-refractivity contribution < 1.29 is 4.74 Å². The van der Waals surface area contributed by atoms with E-state index in [4.69, 9.17) is 15.7 Å². The van der Waals surface area contributed by atoms with Gasteiger partial charge in [0, 0.05) is 6.42 Å². The summed E-state index contributed by atoms with van der Waals surface area (Å²) < 4.78 is 6.40. The third-order valence-electron chi connectivity index (χ3n) is 1.93. The summed E-state index contributed by atoms with van der Waals surface area (Å²) in [6.07, 6.45) is 2.31. The van der Waals surface area contributed by atoms with Crippen molar-refractivity contribution in [3.05, 3.63) is 22.7 Å². The van der Waals surface area contributed by atoms with Crippen LogP contribution in [-0.2, 0) is 0 Å². The molecule has 0 saturated heterocycles. The first-order valence-corrected chi connectivity index (χ1v) is 5.58. The van der Waals surface area contributed by atoms with Crippen LogP contribution in [0.25, 0.3) is 0 Å². The molecule has 0 saturated carbocycles. The molecule has 0 atom stereocenters. The number of unbranched alkanes of at least 4 members (excludes halogenated alkanes) is 2. The molecule has 0 spiro atoms. The van der Waals surface area contributed by atoms with Crippen LogP contribution in [0.1, 0.15) is 19.3 Å². The average molecular weight is 269 g/mol. The topological polar surface area (TPSA) is 59.0 Å². The molecule has 0 aliphatic heterocycles. The van der Waals surface area contributed by atoms with Crippen molar-refractivity contribution in [1.82, 2.24) is 0 Å². The van der Waals surface area contributed by atoms with Gasteiger partial charge in [0.2, 0.25) is 0 Å². The molecule has 0 bridgehead atoms. The molecule has 1 rings (SSSR count). The molecule has 0 amide bonds. The van der Waals surface area contributed by atoms with Gasteiger partial charge in [-0.05, 0) is 40.9 Å². The molecule has 1 aromatic carbocycles. The lowest BCUT2D eigenvalue weighted by Crippen LogP contribution is -2.00. The molecule has 0 heterocycles. The Morgan fingerprint density at radius 1 is 1.40 bits per heavy atom. The highest BCUT2D eigenvalue weighted by Crippen LogP contribution is 2.30. The van der Waals surface area contributed by atoms with Crippen molar-refractivity contribution in [1.29, 1.82) is 5.26 Å². The van der Waals surface area contributed by atoms with E-state index in [0.717, 1.165) is 17.3 Å². The van der Waals surface area contributed by atoms with Crippen molar-refractivity contribution in [3.8, 4) is 11.8 Å². The van der Waals surface area contributed by atoms with E-state index in [1.165, 1.54) is 0 Å². The average Bonchev–Trinajstić information content (AvgIpc) is 2.21. The lowest BCUT2D eigenvalue weighted by atomic mass is 10.2. The lowest BCUT2D eigenvalue weighted by Gasteiger charge is -2.09. The van der Waals surface area contributed by atoms with Crippen LogP contribution < -0.4 is 10.5 Å². The maximum absolute atomic E-state index is 8.35. The van der Waals surface area contributed by atoms with E-state index in [1.54, 1.807) is 6.07 Å². The summed E-state index contributed by atoms with van der Waals surface area (Å²) in [6.45, 7) is 0.592. The maximum atomic E-state index is 8.35. The number of nitrogens with zero attached hydrogens (tertiary/aromatic N) is 1. The predicted molar refractivity (Wildman–Crippen MR) is 63.5 cm³/mol. The van der Waals surface area contributed by atoms with Gasteiger partial charge in [0.25, 0.3) is 0 Å². The third-order valence-corrected chi connectivity index (χ3v) is 2.55. The largest absolute Gasteiger partial charge is 0.490 e. The van der Waals surface area contributed by atoms with Crippen LogP contribution in [0.3, 0.4) is 0 Å². The number of para-hydroxylation sites is 1. The van der Waals surface area contributed by atoms with Crippen molar-refractivity contribution in [2.45, 2.75) is 19.3 Å². The minimum absolute atomic E-state index is 0.578. The quantitative estimate of drug-likeness (QED) is 0.660. The summed E-state index contributed by atoms with van der Waals surface area (Å²) in [5.41, 5.74) is 6.38. The molecular weight excluding hydrogens is 256 g/mol. The summed E-state index contributed by atoms with van der Waals surface area (Å²) in [5, 5.41) is 8.35. The minimum Gasteiger partial charge on any atom is -0.490 e. The Morgan fingerprint density at radius 3 is 2.87 bits per heavy atom. The first-order chi connectivity index (χ1) is 7.25. The second-order valence-corrected chi connectivity index (χ2v) is 3.98. The Labute approximate surface area is 98.0 Å². The summed E-state index contributed by atoms with van der Waals surface area (Å²) in [6, 6.07) is 7.65. The molecule has 0 fully saturated rings. The second-order valence-electron chi connectivity index (χ2n) is 3.12. The monoisotopic (exact) mass is 268 g/mol. The number of nitriles is 1. The van der Waals surface area contributed by atoms with Crippen molar-refractivity contribution >= 4 is 21.6 Å². The van der Waals surface area contributed by atoms with E-state index in [-0.39, 0.29) is 0 Å². The fraction of sp³-hybridized carbons (Fsp3) is 0.364. The van der Waals surface area contributed by atoms with Gasteiger partial charge in [-0.3, -0.25) is 0 Å². The first kappa shape index (κ1) is 11.9. The zero-order valence-electron chi connectivity index (χ0n) is 8.37. The fourth-order valence-electron chi connectivity index (χ4n) is 1.16. The fourth-order valence-corrected chi connectivity index (χ4v) is 1.65. The summed E-state index contributed by atoms with van der Waals surface area (Å²) >= 11 is 3.37. The molecule has 0 radical (unpaired) electrons. The van der Waals surface area contributed by atoms with Gasteiger partial charge in [-0.2, -0.15) is 5.26 Å². The van der Waals surface area contributed by atoms with Crippen LogP contribution >= 0.6 is 15.9 Å². The zero-order chi connectivity index (χ0) is 11.1. The molecule has 4 heteroatoms. The predicted octanol–water partition coefficient (Wildman–Crippen LogP) is 3.10. The molecule has 1 aromatic rings. The van der Waals surface area contributed by atoms with Gasteiger partial charge in [0.05, 0.1) is 22.8 Å². The molecule has 0 unspecified atom stereocenters. The molecule has 3 nitrogen and oxygen atoms in total. The number of anilines is 1. The van der Waals surface area contributed by atoms with Crippen LogP contribution in [0, 0.1) is 11.3 Å². The first-order valence-electron chi connectivity index (χ1n) is 4.79. The number of rotatable bonds is 5. The molecule has 0 aliphatic rings. The number of benzene rings is 1. The Kier molecular flexibility index (Phi) is 4.99. The molecule has 2 N–H and O–H groups in total. The van der Waals surface area contributed by atoms with E-state index in [9.17, 15) is 0 Å². The normalized spacial score (nSPS) is 9.60. The number of nitrogen functional groups attached to an aromatic ring is 1. The van der Waals surface area contributed by atoms with Crippen molar-refractivity contribution in [3.63, 3.8) is 0 Å². The van der Waals surface area contributed by atoms with Crippen LogP contribution in [0.2, 0.25) is 0 Å². The van der Waals surface area contributed by atoms with Crippen LogP contribution in [-0.4, -0.2) is 6.61 Å². The molecule has 0 aliphatic carbocycles. The molecular formula is C11H13BrN2O. The van der Waals surface area contributed by atoms with Gasteiger partial charge in [-0.25, -0.2) is 0 Å². The van der Waals surface area contributed by atoms with Gasteiger partial charge in [0.15, 0.2) is 5.75 Å². The standard InChI is InChI=1S/C11H13BrN2O/c12-9-5-4-6-10(14)11(9)15-8-3-1-2-7-13/h4-6H,1-3,8,14H2. The number of hydrogen-bond donors (Lipinski definition) is 1. The van der Waals surface area contributed by atoms with Gasteiger partial charge in [0.1, 0.15) is 0 Å². The van der Waals surface area contributed by atoms with Crippen molar-refractivity contribution in [2.24, 2.45) is 0 Å². The summed E-state index contributed by atoms with van der Waals surface area (Å²) in [7, 11) is 0. The second kappa shape index (κ2) is 6.31. The lowest BCUT2D eigenvalue weighted by molar-refractivity contribution is 0.307. The number of nitrogens with two attached hydrogens (primary N) is 1. The van der Waals surface area contributed by atoms with Gasteiger partial charge in [-0.1, -0.05) is 6.07 Å². The third kappa shape index (κ3) is 3.80. The van der Waals surface area contributed by atoms with Gasteiger partial charge >= 0.3 is 0 Å². The highest BCUT2D eigenvalue weighted by Gasteiger charge is 2.04. The minimum atomic E-state index is 0.578. The maximum Gasteiger partial charge on any atom is 0.156 e.